The second-order valence-corrected chi connectivity index (χ2v) is 5.68. The van der Waals surface area contributed by atoms with E-state index in [2.05, 4.69) is 48.9 Å². The van der Waals surface area contributed by atoms with Gasteiger partial charge in [-0.15, -0.1) is 0 Å². The number of likely N-dealkylation sites (N-methyl/N-ethyl adjacent to an activating group) is 1. The van der Waals surface area contributed by atoms with Gasteiger partial charge in [-0.05, 0) is 51.4 Å². The summed E-state index contributed by atoms with van der Waals surface area (Å²) in [6, 6.07) is 6.83. The van der Waals surface area contributed by atoms with Gasteiger partial charge in [-0.2, -0.15) is 0 Å². The molecule has 0 aromatic heterocycles. The second kappa shape index (κ2) is 6.35. The molecule has 0 radical (unpaired) electrons. The predicted molar refractivity (Wildman–Crippen MR) is 78.2 cm³/mol. The summed E-state index contributed by atoms with van der Waals surface area (Å²) in [5.41, 5.74) is 4.35. The van der Waals surface area contributed by atoms with Crippen LogP contribution in [-0.4, -0.2) is 49.6 Å². The largest absolute Gasteiger partial charge is 0.304 e. The van der Waals surface area contributed by atoms with Crippen molar-refractivity contribution in [2.24, 2.45) is 0 Å². The van der Waals surface area contributed by atoms with E-state index in [1.807, 2.05) is 0 Å². The first-order valence-corrected chi connectivity index (χ1v) is 7.12. The molecule has 1 heterocycles. The lowest BCUT2D eigenvalue weighted by molar-refractivity contribution is 0.153. The molecule has 0 unspecified atom stereocenters. The molecule has 1 aliphatic rings. The smallest absolute Gasteiger partial charge is 0.0110 e. The van der Waals surface area contributed by atoms with Gasteiger partial charge in [-0.1, -0.05) is 23.8 Å². The molecule has 0 bridgehead atoms. The van der Waals surface area contributed by atoms with Gasteiger partial charge >= 0.3 is 0 Å². The topological polar surface area (TPSA) is 6.48 Å². The quantitative estimate of drug-likeness (QED) is 0.805. The van der Waals surface area contributed by atoms with Crippen LogP contribution in [0.25, 0.3) is 0 Å². The summed E-state index contributed by atoms with van der Waals surface area (Å²) < 4.78 is 0. The van der Waals surface area contributed by atoms with Crippen molar-refractivity contribution in [3.8, 4) is 0 Å². The lowest BCUT2D eigenvalue weighted by atomic mass is 10.0. The molecule has 2 nitrogen and oxygen atoms in total. The van der Waals surface area contributed by atoms with Gasteiger partial charge in [0.15, 0.2) is 0 Å². The molecule has 0 saturated carbocycles. The van der Waals surface area contributed by atoms with Gasteiger partial charge < -0.3 is 9.80 Å². The van der Waals surface area contributed by atoms with Crippen molar-refractivity contribution in [2.45, 2.75) is 26.7 Å². The number of piperazine rings is 1. The van der Waals surface area contributed by atoms with Crippen molar-refractivity contribution < 1.29 is 0 Å². The fraction of sp³-hybridized carbons (Fsp3) is 0.625. The number of benzene rings is 1. The highest BCUT2D eigenvalue weighted by Crippen LogP contribution is 2.13. The summed E-state index contributed by atoms with van der Waals surface area (Å²) in [4.78, 5) is 5.02. The number of rotatable bonds is 4. The molecule has 1 aliphatic heterocycles. The molecule has 2 heteroatoms. The molecule has 0 N–H and O–H groups in total. The maximum Gasteiger partial charge on any atom is 0.0110 e. The van der Waals surface area contributed by atoms with Crippen molar-refractivity contribution in [1.82, 2.24) is 9.80 Å². The van der Waals surface area contributed by atoms with Gasteiger partial charge in [-0.3, -0.25) is 0 Å². The molecule has 1 fully saturated rings. The number of aryl methyl sites for hydroxylation is 3. The zero-order chi connectivity index (χ0) is 13.0. The molecule has 2 rings (SSSR count). The maximum atomic E-state index is 2.60. The summed E-state index contributed by atoms with van der Waals surface area (Å²) >= 11 is 0. The molecule has 0 amide bonds. The van der Waals surface area contributed by atoms with Crippen molar-refractivity contribution in [2.75, 3.05) is 39.8 Å². The Hall–Kier alpha value is -0.860. The van der Waals surface area contributed by atoms with Gasteiger partial charge in [0.1, 0.15) is 0 Å². The van der Waals surface area contributed by atoms with Gasteiger partial charge in [0.25, 0.3) is 0 Å². The second-order valence-electron chi connectivity index (χ2n) is 5.68. The van der Waals surface area contributed by atoms with Gasteiger partial charge in [0.2, 0.25) is 0 Å². The first-order chi connectivity index (χ1) is 8.65. The van der Waals surface area contributed by atoms with Crippen molar-refractivity contribution >= 4 is 0 Å². The van der Waals surface area contributed by atoms with Gasteiger partial charge in [-0.25, -0.2) is 0 Å². The monoisotopic (exact) mass is 246 g/mol. The van der Waals surface area contributed by atoms with E-state index in [0.717, 1.165) is 0 Å². The average Bonchev–Trinajstić information content (AvgIpc) is 2.34. The summed E-state index contributed by atoms with van der Waals surface area (Å²) in [6.07, 6.45) is 2.51. The molecule has 0 spiro atoms. The molecular formula is C16H26N2. The van der Waals surface area contributed by atoms with Crippen LogP contribution in [0.5, 0.6) is 0 Å². The minimum absolute atomic E-state index is 1.22. The van der Waals surface area contributed by atoms with Gasteiger partial charge in [0, 0.05) is 26.2 Å². The lowest BCUT2D eigenvalue weighted by Gasteiger charge is -2.32. The molecule has 1 aromatic rings. The Balaban J connectivity index is 1.75. The fourth-order valence-corrected chi connectivity index (χ4v) is 2.69. The van der Waals surface area contributed by atoms with Crippen LogP contribution < -0.4 is 0 Å². The molecule has 0 aliphatic carbocycles. The van der Waals surface area contributed by atoms with E-state index in [1.165, 1.54) is 62.3 Å². The van der Waals surface area contributed by atoms with Crippen molar-refractivity contribution in [3.05, 3.63) is 34.9 Å². The predicted octanol–water partition coefficient (Wildman–Crippen LogP) is 2.48. The molecule has 1 saturated heterocycles. The molecule has 1 aromatic carbocycles. The minimum Gasteiger partial charge on any atom is -0.304 e. The van der Waals surface area contributed by atoms with E-state index in [9.17, 15) is 0 Å². The number of hydrogen-bond acceptors (Lipinski definition) is 2. The van der Waals surface area contributed by atoms with Crippen LogP contribution in [0.2, 0.25) is 0 Å². The van der Waals surface area contributed by atoms with Crippen LogP contribution in [0.15, 0.2) is 18.2 Å². The van der Waals surface area contributed by atoms with E-state index >= 15 is 0 Å². The third-order valence-corrected chi connectivity index (χ3v) is 4.01. The maximum absolute atomic E-state index is 2.60. The van der Waals surface area contributed by atoms with Crippen LogP contribution in [0.1, 0.15) is 23.1 Å². The van der Waals surface area contributed by atoms with E-state index in [1.54, 1.807) is 0 Å². The Morgan fingerprint density at radius 1 is 1.06 bits per heavy atom. The van der Waals surface area contributed by atoms with Crippen LogP contribution in [0.4, 0.5) is 0 Å². The Kier molecular flexibility index (Phi) is 4.79. The van der Waals surface area contributed by atoms with Crippen LogP contribution in [0.3, 0.4) is 0 Å². The van der Waals surface area contributed by atoms with Crippen LogP contribution in [-0.2, 0) is 6.42 Å². The Bertz CT molecular complexity index is 379. The van der Waals surface area contributed by atoms with E-state index in [-0.39, 0.29) is 0 Å². The Morgan fingerprint density at radius 3 is 2.44 bits per heavy atom. The van der Waals surface area contributed by atoms with Gasteiger partial charge in [0.05, 0.1) is 0 Å². The van der Waals surface area contributed by atoms with Crippen molar-refractivity contribution in [1.29, 1.82) is 0 Å². The highest BCUT2D eigenvalue weighted by Gasteiger charge is 2.12. The zero-order valence-electron chi connectivity index (χ0n) is 12.1. The summed E-state index contributed by atoms with van der Waals surface area (Å²) in [5.74, 6) is 0. The van der Waals surface area contributed by atoms with E-state index in [4.69, 9.17) is 0 Å². The SMILES string of the molecule is Cc1ccc(CCCN2CCN(C)CC2)c(C)c1. The Morgan fingerprint density at radius 2 is 1.78 bits per heavy atom. The molecule has 18 heavy (non-hydrogen) atoms. The summed E-state index contributed by atoms with van der Waals surface area (Å²) in [7, 11) is 2.22. The molecule has 0 atom stereocenters. The molecule has 100 valence electrons. The zero-order valence-corrected chi connectivity index (χ0v) is 12.1. The summed E-state index contributed by atoms with van der Waals surface area (Å²) in [5, 5.41) is 0. The van der Waals surface area contributed by atoms with E-state index in [0.29, 0.717) is 0 Å². The highest BCUT2D eigenvalue weighted by molar-refractivity contribution is 5.30. The average molecular weight is 246 g/mol. The third kappa shape index (κ3) is 3.82. The third-order valence-electron chi connectivity index (χ3n) is 4.01. The highest BCUT2D eigenvalue weighted by atomic mass is 15.2. The molecular weight excluding hydrogens is 220 g/mol. The first kappa shape index (κ1) is 13.6. The summed E-state index contributed by atoms with van der Waals surface area (Å²) in [6.45, 7) is 10.6. The van der Waals surface area contributed by atoms with Crippen LogP contribution >= 0.6 is 0 Å². The minimum atomic E-state index is 1.22. The normalized spacial score (nSPS) is 18.2. The van der Waals surface area contributed by atoms with E-state index < -0.39 is 0 Å². The fourth-order valence-electron chi connectivity index (χ4n) is 2.69. The first-order valence-electron chi connectivity index (χ1n) is 7.12. The number of nitrogens with zero attached hydrogens (tertiary/aromatic N) is 2. The van der Waals surface area contributed by atoms with Crippen LogP contribution in [0, 0.1) is 13.8 Å². The Labute approximate surface area is 112 Å². The number of hydrogen-bond donors (Lipinski definition) is 0. The lowest BCUT2D eigenvalue weighted by Crippen LogP contribution is -2.44. The van der Waals surface area contributed by atoms with Crippen molar-refractivity contribution in [3.63, 3.8) is 0 Å². The standard InChI is InChI=1S/C16H26N2/c1-14-6-7-16(15(2)13-14)5-4-8-18-11-9-17(3)10-12-18/h6-7,13H,4-5,8-12H2,1-3H3.